The van der Waals surface area contributed by atoms with Gasteiger partial charge in [0.2, 0.25) is 5.91 Å². The zero-order chi connectivity index (χ0) is 19.9. The van der Waals surface area contributed by atoms with Crippen molar-refractivity contribution in [2.75, 3.05) is 6.54 Å². The fourth-order valence-corrected chi connectivity index (χ4v) is 5.52. The van der Waals surface area contributed by atoms with Crippen molar-refractivity contribution in [1.82, 2.24) is 5.32 Å². The predicted octanol–water partition coefficient (Wildman–Crippen LogP) is 1.21. The number of hydrogen-bond donors (Lipinski definition) is 2. The second-order valence-electron chi connectivity index (χ2n) is 7.10. The number of nitrogens with two attached hydrogens (primary N) is 1. The maximum absolute atomic E-state index is 13.2. The Bertz CT molecular complexity index is 1050. The highest BCUT2D eigenvalue weighted by molar-refractivity contribution is 7.94. The third-order valence-electron chi connectivity index (χ3n) is 5.28. The van der Waals surface area contributed by atoms with Gasteiger partial charge in [-0.15, -0.1) is 0 Å². The van der Waals surface area contributed by atoms with E-state index < -0.39 is 32.4 Å². The van der Waals surface area contributed by atoms with Crippen LogP contribution in [0.3, 0.4) is 0 Å². The van der Waals surface area contributed by atoms with Gasteiger partial charge < -0.3 is 15.8 Å². The van der Waals surface area contributed by atoms with Crippen LogP contribution in [0.15, 0.2) is 53.4 Å². The van der Waals surface area contributed by atoms with Gasteiger partial charge in [0.15, 0.2) is 21.7 Å². The van der Waals surface area contributed by atoms with Gasteiger partial charge in [0.05, 0.1) is 4.90 Å². The Labute approximate surface area is 162 Å². The smallest absolute Gasteiger partial charge is 0.248 e. The third-order valence-corrected chi connectivity index (χ3v) is 7.81. The SMILES string of the molecule is NC(=O)c1ccc2c(c1)OC(C(=O)C1(S(=O)(=O)c3ccccc3)CC1)CNC2. The number of sulfone groups is 1. The van der Waals surface area contributed by atoms with Crippen molar-refractivity contribution in [3.63, 3.8) is 0 Å². The number of nitrogens with one attached hydrogen (secondary N) is 1. The van der Waals surface area contributed by atoms with Crippen LogP contribution in [-0.2, 0) is 21.2 Å². The molecule has 0 saturated heterocycles. The van der Waals surface area contributed by atoms with Crippen LogP contribution in [0.4, 0.5) is 0 Å². The van der Waals surface area contributed by atoms with Gasteiger partial charge in [-0.2, -0.15) is 0 Å². The van der Waals surface area contributed by atoms with Crippen LogP contribution < -0.4 is 15.8 Å². The Morgan fingerprint density at radius 3 is 2.46 bits per heavy atom. The topological polar surface area (TPSA) is 116 Å². The molecule has 146 valence electrons. The van der Waals surface area contributed by atoms with E-state index in [1.54, 1.807) is 30.3 Å². The van der Waals surface area contributed by atoms with Crippen LogP contribution >= 0.6 is 0 Å². The van der Waals surface area contributed by atoms with Gasteiger partial charge in [-0.05, 0) is 37.1 Å². The Kier molecular flexibility index (Phi) is 4.47. The van der Waals surface area contributed by atoms with Gasteiger partial charge >= 0.3 is 0 Å². The van der Waals surface area contributed by atoms with Crippen LogP contribution in [0.2, 0.25) is 0 Å². The molecule has 3 N–H and O–H groups in total. The quantitative estimate of drug-likeness (QED) is 0.780. The molecule has 1 unspecified atom stereocenters. The second kappa shape index (κ2) is 6.72. The number of Topliss-reactive ketones (excluding diaryl/α,β-unsaturated/α-hetero) is 1. The number of ether oxygens (including phenoxy) is 1. The molecule has 1 aliphatic heterocycles. The first-order chi connectivity index (χ1) is 13.3. The molecule has 0 radical (unpaired) electrons. The van der Waals surface area contributed by atoms with E-state index in [2.05, 4.69) is 5.32 Å². The van der Waals surface area contributed by atoms with Crippen molar-refractivity contribution >= 4 is 21.5 Å². The summed E-state index contributed by atoms with van der Waals surface area (Å²) in [7, 11) is -3.82. The first-order valence-corrected chi connectivity index (χ1v) is 10.5. The Morgan fingerprint density at radius 2 is 1.82 bits per heavy atom. The van der Waals surface area contributed by atoms with Crippen LogP contribution in [0, 0.1) is 0 Å². The van der Waals surface area contributed by atoms with E-state index in [0.29, 0.717) is 12.3 Å². The van der Waals surface area contributed by atoms with E-state index in [-0.39, 0.29) is 29.8 Å². The second-order valence-corrected chi connectivity index (χ2v) is 9.36. The minimum Gasteiger partial charge on any atom is -0.481 e. The molecule has 1 fully saturated rings. The summed E-state index contributed by atoms with van der Waals surface area (Å²) >= 11 is 0. The molecule has 1 atom stereocenters. The molecule has 2 aromatic rings. The lowest BCUT2D eigenvalue weighted by Crippen LogP contribution is -2.46. The van der Waals surface area contributed by atoms with Crippen LogP contribution in [0.25, 0.3) is 0 Å². The first-order valence-electron chi connectivity index (χ1n) is 8.99. The summed E-state index contributed by atoms with van der Waals surface area (Å²) in [6, 6.07) is 12.8. The van der Waals surface area contributed by atoms with E-state index in [4.69, 9.17) is 10.5 Å². The number of benzene rings is 2. The minimum absolute atomic E-state index is 0.138. The van der Waals surface area contributed by atoms with E-state index in [1.165, 1.54) is 18.2 Å². The normalized spacial score (nSPS) is 20.4. The molecule has 0 aromatic heterocycles. The highest BCUT2D eigenvalue weighted by Crippen LogP contribution is 2.48. The van der Waals surface area contributed by atoms with Crippen molar-refractivity contribution in [2.24, 2.45) is 5.73 Å². The molecule has 28 heavy (non-hydrogen) atoms. The summed E-state index contributed by atoms with van der Waals surface area (Å²) < 4.78 is 30.7. The molecule has 1 heterocycles. The molecule has 4 rings (SSSR count). The lowest BCUT2D eigenvalue weighted by Gasteiger charge is -2.22. The fourth-order valence-electron chi connectivity index (χ4n) is 3.52. The molecule has 0 spiro atoms. The molecule has 1 amide bonds. The molecule has 2 aliphatic rings. The van der Waals surface area contributed by atoms with Crippen molar-refractivity contribution in [1.29, 1.82) is 0 Å². The number of rotatable bonds is 5. The van der Waals surface area contributed by atoms with Crippen LogP contribution in [0.5, 0.6) is 5.75 Å². The number of ketones is 1. The average Bonchev–Trinajstić information content (AvgIpc) is 3.52. The third kappa shape index (κ3) is 2.98. The van der Waals surface area contributed by atoms with Gasteiger partial charge in [0.1, 0.15) is 10.5 Å². The molecule has 7 nitrogen and oxygen atoms in total. The fraction of sp³-hybridized carbons (Fsp3) is 0.300. The van der Waals surface area contributed by atoms with Crippen LogP contribution in [0.1, 0.15) is 28.8 Å². The number of carbonyl (C=O) groups excluding carboxylic acids is 2. The summed E-state index contributed by atoms with van der Waals surface area (Å²) in [6.45, 7) is 0.627. The molecule has 2 aromatic carbocycles. The number of amides is 1. The molecular formula is C20H20N2O5S. The summed E-state index contributed by atoms with van der Waals surface area (Å²) in [4.78, 5) is 24.8. The van der Waals surface area contributed by atoms with Crippen molar-refractivity contribution < 1.29 is 22.7 Å². The number of fused-ring (bicyclic) bond motifs is 1. The zero-order valence-electron chi connectivity index (χ0n) is 15.1. The lowest BCUT2D eigenvalue weighted by molar-refractivity contribution is -0.125. The number of hydrogen-bond acceptors (Lipinski definition) is 6. The molecule has 8 heteroatoms. The number of primary amides is 1. The monoisotopic (exact) mass is 400 g/mol. The van der Waals surface area contributed by atoms with E-state index in [1.807, 2.05) is 0 Å². The maximum Gasteiger partial charge on any atom is 0.248 e. The highest BCUT2D eigenvalue weighted by atomic mass is 32.2. The predicted molar refractivity (Wildman–Crippen MR) is 102 cm³/mol. The minimum atomic E-state index is -3.82. The van der Waals surface area contributed by atoms with Crippen molar-refractivity contribution in [2.45, 2.75) is 35.1 Å². The summed E-state index contributed by atoms with van der Waals surface area (Å²) in [6.07, 6.45) is -0.417. The summed E-state index contributed by atoms with van der Waals surface area (Å²) in [5.41, 5.74) is 6.37. The Balaban J connectivity index is 1.65. The largest absolute Gasteiger partial charge is 0.481 e. The first kappa shape index (κ1) is 18.6. The summed E-state index contributed by atoms with van der Waals surface area (Å²) in [5, 5.41) is 3.12. The zero-order valence-corrected chi connectivity index (χ0v) is 15.9. The summed E-state index contributed by atoms with van der Waals surface area (Å²) in [5.74, 6) is -0.689. The number of carbonyl (C=O) groups is 2. The van der Waals surface area contributed by atoms with E-state index in [0.717, 1.165) is 5.56 Å². The van der Waals surface area contributed by atoms with Crippen molar-refractivity contribution in [3.8, 4) is 5.75 Å². The van der Waals surface area contributed by atoms with Crippen LogP contribution in [-0.4, -0.2) is 37.5 Å². The molecule has 0 bridgehead atoms. The highest BCUT2D eigenvalue weighted by Gasteiger charge is 2.62. The maximum atomic E-state index is 13.2. The van der Waals surface area contributed by atoms with Gasteiger partial charge in [-0.1, -0.05) is 24.3 Å². The van der Waals surface area contributed by atoms with Crippen molar-refractivity contribution in [3.05, 3.63) is 59.7 Å². The lowest BCUT2D eigenvalue weighted by atomic mass is 10.1. The van der Waals surface area contributed by atoms with Gasteiger partial charge in [-0.25, -0.2) is 8.42 Å². The standard InChI is InChI=1S/C20H20N2O5S/c21-19(24)13-6-7-14-11-22-12-17(27-16(14)10-13)18(23)20(8-9-20)28(25,26)15-4-2-1-3-5-15/h1-7,10,17,22H,8-9,11-12H2,(H2,21,24). The Hall–Kier alpha value is -2.71. The molecular weight excluding hydrogens is 380 g/mol. The van der Waals surface area contributed by atoms with Gasteiger partial charge in [0, 0.05) is 24.2 Å². The van der Waals surface area contributed by atoms with E-state index >= 15 is 0 Å². The average molecular weight is 400 g/mol. The van der Waals surface area contributed by atoms with Gasteiger partial charge in [0.25, 0.3) is 0 Å². The van der Waals surface area contributed by atoms with E-state index in [9.17, 15) is 18.0 Å². The van der Waals surface area contributed by atoms with Gasteiger partial charge in [-0.3, -0.25) is 9.59 Å². The molecule has 1 aliphatic carbocycles. The molecule has 1 saturated carbocycles. The Morgan fingerprint density at radius 1 is 1.11 bits per heavy atom.